The molecule has 2 heterocycles. The molecule has 1 amide bonds. The van der Waals surface area contributed by atoms with E-state index in [0.29, 0.717) is 17.6 Å². The molecular formula is C15H18ClN3O3. The van der Waals surface area contributed by atoms with Crippen LogP contribution >= 0.6 is 11.6 Å². The van der Waals surface area contributed by atoms with Crippen molar-refractivity contribution in [1.29, 1.82) is 0 Å². The van der Waals surface area contributed by atoms with Gasteiger partial charge >= 0.3 is 6.09 Å². The number of hydrogen-bond acceptors (Lipinski definition) is 5. The van der Waals surface area contributed by atoms with Gasteiger partial charge in [-0.05, 0) is 56.6 Å². The van der Waals surface area contributed by atoms with Crippen LogP contribution in [0.3, 0.4) is 0 Å². The van der Waals surface area contributed by atoms with E-state index in [-0.39, 0.29) is 0 Å². The fourth-order valence-corrected chi connectivity index (χ4v) is 1.78. The zero-order valence-electron chi connectivity index (χ0n) is 12.6. The van der Waals surface area contributed by atoms with Crippen LogP contribution in [0.15, 0.2) is 34.9 Å². The number of hydrogen-bond donors (Lipinski definition) is 2. The molecule has 0 radical (unpaired) electrons. The van der Waals surface area contributed by atoms with Gasteiger partial charge in [0.2, 0.25) is 0 Å². The lowest BCUT2D eigenvalue weighted by molar-refractivity contribution is 0.0635. The van der Waals surface area contributed by atoms with Gasteiger partial charge < -0.3 is 14.5 Å². The fourth-order valence-electron chi connectivity index (χ4n) is 1.62. The van der Waals surface area contributed by atoms with Gasteiger partial charge in [0.1, 0.15) is 17.2 Å². The quantitative estimate of drug-likeness (QED) is 0.877. The summed E-state index contributed by atoms with van der Waals surface area (Å²) in [6, 6.07) is 6.96. The summed E-state index contributed by atoms with van der Waals surface area (Å²) >= 11 is 5.70. The summed E-state index contributed by atoms with van der Waals surface area (Å²) in [4.78, 5) is 15.7. The summed E-state index contributed by atoms with van der Waals surface area (Å²) in [6.45, 7) is 5.89. The number of aromatic nitrogens is 1. The van der Waals surface area contributed by atoms with E-state index in [1.807, 2.05) is 0 Å². The van der Waals surface area contributed by atoms with Gasteiger partial charge in [0.15, 0.2) is 5.22 Å². The molecule has 7 heteroatoms. The molecule has 0 aliphatic heterocycles. The predicted octanol–water partition coefficient (Wildman–Crippen LogP) is 4.29. The number of amides is 1. The van der Waals surface area contributed by atoms with Crippen molar-refractivity contribution in [3.05, 3.63) is 41.4 Å². The Bertz CT molecular complexity index is 632. The highest BCUT2D eigenvalue weighted by Crippen LogP contribution is 2.16. The molecule has 0 unspecified atom stereocenters. The van der Waals surface area contributed by atoms with E-state index < -0.39 is 11.7 Å². The van der Waals surface area contributed by atoms with Gasteiger partial charge in [0, 0.05) is 0 Å². The molecule has 0 saturated heterocycles. The average Bonchev–Trinajstić information content (AvgIpc) is 2.81. The highest BCUT2D eigenvalue weighted by molar-refractivity contribution is 6.28. The van der Waals surface area contributed by atoms with Crippen molar-refractivity contribution in [2.24, 2.45) is 0 Å². The number of carbonyl (C=O) groups is 1. The normalized spacial score (nSPS) is 11.1. The van der Waals surface area contributed by atoms with Gasteiger partial charge in [-0.15, -0.1) is 0 Å². The van der Waals surface area contributed by atoms with Gasteiger partial charge in [0.05, 0.1) is 18.4 Å². The molecule has 0 aliphatic carbocycles. The van der Waals surface area contributed by atoms with E-state index in [9.17, 15) is 4.79 Å². The van der Waals surface area contributed by atoms with Crippen molar-refractivity contribution in [2.45, 2.75) is 32.9 Å². The number of anilines is 2. The standard InChI is InChI=1S/C15H18ClN3O3/c1-15(2,3)22-14(20)19-13-7-4-10(8-18-13)17-9-11-5-6-12(16)21-11/h4-8,17H,9H2,1-3H3,(H,18,19,20). The minimum Gasteiger partial charge on any atom is -0.448 e. The largest absolute Gasteiger partial charge is 0.448 e. The Hall–Kier alpha value is -2.21. The van der Waals surface area contributed by atoms with E-state index in [4.69, 9.17) is 20.8 Å². The second kappa shape index (κ2) is 6.70. The van der Waals surface area contributed by atoms with Crippen molar-refractivity contribution in [3.63, 3.8) is 0 Å². The topological polar surface area (TPSA) is 76.4 Å². The van der Waals surface area contributed by atoms with Gasteiger partial charge in [0.25, 0.3) is 0 Å². The van der Waals surface area contributed by atoms with Crippen LogP contribution in [0.5, 0.6) is 0 Å². The SMILES string of the molecule is CC(C)(C)OC(=O)Nc1ccc(NCc2ccc(Cl)o2)cn1. The van der Waals surface area contributed by atoms with Crippen LogP contribution in [0, 0.1) is 0 Å². The highest BCUT2D eigenvalue weighted by atomic mass is 35.5. The van der Waals surface area contributed by atoms with Crippen LogP contribution in [-0.2, 0) is 11.3 Å². The maximum Gasteiger partial charge on any atom is 0.413 e. The van der Waals surface area contributed by atoms with E-state index in [1.54, 1.807) is 51.2 Å². The van der Waals surface area contributed by atoms with Crippen LogP contribution < -0.4 is 10.6 Å². The van der Waals surface area contributed by atoms with Crippen LogP contribution in [0.4, 0.5) is 16.3 Å². The van der Waals surface area contributed by atoms with Gasteiger partial charge in [-0.3, -0.25) is 5.32 Å². The lowest BCUT2D eigenvalue weighted by Crippen LogP contribution is -2.27. The zero-order chi connectivity index (χ0) is 16.2. The van der Waals surface area contributed by atoms with Crippen molar-refractivity contribution >= 4 is 29.2 Å². The second-order valence-electron chi connectivity index (χ2n) is 5.62. The summed E-state index contributed by atoms with van der Waals surface area (Å²) < 4.78 is 10.4. The monoisotopic (exact) mass is 323 g/mol. The highest BCUT2D eigenvalue weighted by Gasteiger charge is 2.16. The smallest absolute Gasteiger partial charge is 0.413 e. The lowest BCUT2D eigenvalue weighted by atomic mass is 10.2. The summed E-state index contributed by atoms with van der Waals surface area (Å²) in [7, 11) is 0. The van der Waals surface area contributed by atoms with Crippen molar-refractivity contribution in [1.82, 2.24) is 4.98 Å². The Labute approximate surface area is 133 Å². The molecule has 0 atom stereocenters. The Kier molecular flexibility index (Phi) is 4.92. The number of nitrogens with zero attached hydrogens (tertiary/aromatic N) is 1. The van der Waals surface area contributed by atoms with E-state index >= 15 is 0 Å². The Morgan fingerprint density at radius 3 is 2.64 bits per heavy atom. The molecule has 0 aromatic carbocycles. The fraction of sp³-hybridized carbons (Fsp3) is 0.333. The first-order valence-corrected chi connectivity index (χ1v) is 7.14. The number of furan rings is 1. The van der Waals surface area contributed by atoms with E-state index in [2.05, 4.69) is 15.6 Å². The summed E-state index contributed by atoms with van der Waals surface area (Å²) in [5.41, 5.74) is 0.248. The molecule has 2 rings (SSSR count). The molecule has 0 saturated carbocycles. The summed E-state index contributed by atoms with van der Waals surface area (Å²) in [6.07, 6.45) is 1.07. The number of pyridine rings is 1. The van der Waals surface area contributed by atoms with Crippen molar-refractivity contribution in [3.8, 4) is 0 Å². The molecule has 2 aromatic heterocycles. The number of rotatable bonds is 4. The third kappa shape index (κ3) is 5.29. The molecule has 0 spiro atoms. The minimum absolute atomic E-state index is 0.354. The minimum atomic E-state index is -0.546. The number of ether oxygens (including phenoxy) is 1. The Balaban J connectivity index is 1.86. The average molecular weight is 324 g/mol. The first-order chi connectivity index (χ1) is 10.3. The van der Waals surface area contributed by atoms with Crippen LogP contribution in [0.1, 0.15) is 26.5 Å². The Morgan fingerprint density at radius 1 is 1.32 bits per heavy atom. The molecule has 6 nitrogen and oxygen atoms in total. The number of halogens is 1. The van der Waals surface area contributed by atoms with Crippen LogP contribution in [-0.4, -0.2) is 16.7 Å². The molecule has 118 valence electrons. The predicted molar refractivity (Wildman–Crippen MR) is 85.1 cm³/mol. The molecule has 22 heavy (non-hydrogen) atoms. The van der Waals surface area contributed by atoms with Gasteiger partial charge in [-0.25, -0.2) is 9.78 Å². The first kappa shape index (κ1) is 16.2. The molecule has 0 bridgehead atoms. The maximum atomic E-state index is 11.6. The third-order valence-electron chi connectivity index (χ3n) is 2.49. The lowest BCUT2D eigenvalue weighted by Gasteiger charge is -2.19. The zero-order valence-corrected chi connectivity index (χ0v) is 13.4. The summed E-state index contributed by atoms with van der Waals surface area (Å²) in [5.74, 6) is 1.14. The van der Waals surface area contributed by atoms with Crippen molar-refractivity contribution in [2.75, 3.05) is 10.6 Å². The van der Waals surface area contributed by atoms with Crippen LogP contribution in [0.25, 0.3) is 0 Å². The first-order valence-electron chi connectivity index (χ1n) is 6.76. The molecular weight excluding hydrogens is 306 g/mol. The summed E-state index contributed by atoms with van der Waals surface area (Å²) in [5, 5.41) is 6.05. The van der Waals surface area contributed by atoms with Gasteiger partial charge in [-0.2, -0.15) is 0 Å². The third-order valence-corrected chi connectivity index (χ3v) is 2.69. The van der Waals surface area contributed by atoms with Crippen molar-refractivity contribution < 1.29 is 13.9 Å². The number of carbonyl (C=O) groups excluding carboxylic acids is 1. The molecule has 0 aliphatic rings. The maximum absolute atomic E-state index is 11.6. The van der Waals surface area contributed by atoms with Crippen LogP contribution in [0.2, 0.25) is 5.22 Å². The van der Waals surface area contributed by atoms with Gasteiger partial charge in [-0.1, -0.05) is 0 Å². The molecule has 2 N–H and O–H groups in total. The Morgan fingerprint density at radius 2 is 2.09 bits per heavy atom. The van der Waals surface area contributed by atoms with E-state index in [1.165, 1.54) is 0 Å². The van der Waals surface area contributed by atoms with E-state index in [0.717, 1.165) is 11.4 Å². The molecule has 0 fully saturated rings. The molecule has 2 aromatic rings. The second-order valence-corrected chi connectivity index (χ2v) is 5.99. The number of nitrogens with one attached hydrogen (secondary N) is 2.